The Morgan fingerprint density at radius 1 is 1.53 bits per heavy atom. The number of hydrogen-bond donors (Lipinski definition) is 1. The highest BCUT2D eigenvalue weighted by Gasteiger charge is 2.21. The molecule has 1 aliphatic carbocycles. The van der Waals surface area contributed by atoms with Crippen molar-refractivity contribution in [3.05, 3.63) is 22.6 Å². The molecule has 4 heteroatoms. The van der Waals surface area contributed by atoms with Gasteiger partial charge in [0.2, 0.25) is 0 Å². The third-order valence-corrected chi connectivity index (χ3v) is 3.94. The summed E-state index contributed by atoms with van der Waals surface area (Å²) in [5, 5.41) is 3.23. The number of anilines is 1. The summed E-state index contributed by atoms with van der Waals surface area (Å²) in [6.45, 7) is 2.23. The lowest BCUT2D eigenvalue weighted by atomic mass is 9.84. The highest BCUT2D eigenvalue weighted by atomic mass is 79.9. The molecule has 1 N–H and O–H groups in total. The maximum Gasteiger partial charge on any atom is 0.166 e. The van der Waals surface area contributed by atoms with E-state index >= 15 is 0 Å². The van der Waals surface area contributed by atoms with Crippen molar-refractivity contribution in [2.45, 2.75) is 45.1 Å². The second kappa shape index (κ2) is 5.80. The van der Waals surface area contributed by atoms with Crippen LogP contribution >= 0.6 is 15.9 Å². The van der Waals surface area contributed by atoms with Crippen molar-refractivity contribution in [1.29, 1.82) is 0 Å². The van der Waals surface area contributed by atoms with Gasteiger partial charge in [0.15, 0.2) is 11.6 Å². The van der Waals surface area contributed by atoms with Crippen LogP contribution in [0.3, 0.4) is 0 Å². The molecule has 0 amide bonds. The lowest BCUT2D eigenvalue weighted by molar-refractivity contribution is 0.326. The number of hydrogen-bond acceptors (Lipinski definition) is 2. The van der Waals surface area contributed by atoms with Crippen molar-refractivity contribution >= 4 is 21.7 Å². The molecule has 1 saturated carbocycles. The Balaban J connectivity index is 2.00. The van der Waals surface area contributed by atoms with Crippen molar-refractivity contribution < 1.29 is 4.39 Å². The van der Waals surface area contributed by atoms with E-state index in [0.717, 1.165) is 18.8 Å². The van der Waals surface area contributed by atoms with Crippen LogP contribution in [0.4, 0.5) is 10.2 Å². The average Bonchev–Trinajstić information content (AvgIpc) is 2.33. The zero-order valence-corrected chi connectivity index (χ0v) is 11.6. The lowest BCUT2D eigenvalue weighted by Gasteiger charge is -2.29. The molecule has 0 radical (unpaired) electrons. The Bertz CT molecular complexity index is 384. The molecule has 2 unspecified atom stereocenters. The second-order valence-electron chi connectivity index (χ2n) is 4.77. The Kier molecular flexibility index (Phi) is 4.37. The largest absolute Gasteiger partial charge is 0.365 e. The quantitative estimate of drug-likeness (QED) is 0.897. The van der Waals surface area contributed by atoms with Gasteiger partial charge in [-0.25, -0.2) is 9.37 Å². The number of nitrogens with one attached hydrogen (secondary N) is 1. The third-order valence-electron chi connectivity index (χ3n) is 3.51. The van der Waals surface area contributed by atoms with Crippen LogP contribution in [0.1, 0.15) is 39.0 Å². The predicted octanol–water partition coefficient (Wildman–Crippen LogP) is 4.36. The fourth-order valence-corrected chi connectivity index (χ4v) is 2.81. The van der Waals surface area contributed by atoms with E-state index in [-0.39, 0.29) is 5.82 Å². The normalized spacial score (nSPS) is 24.6. The molecule has 2 nitrogen and oxygen atoms in total. The zero-order chi connectivity index (χ0) is 12.3. The number of rotatable bonds is 3. The summed E-state index contributed by atoms with van der Waals surface area (Å²) >= 11 is 3.21. The van der Waals surface area contributed by atoms with Crippen LogP contribution in [0, 0.1) is 11.7 Å². The Morgan fingerprint density at radius 2 is 2.35 bits per heavy atom. The molecule has 0 aromatic carbocycles. The van der Waals surface area contributed by atoms with Gasteiger partial charge < -0.3 is 5.32 Å². The van der Waals surface area contributed by atoms with Crippen molar-refractivity contribution in [2.24, 2.45) is 5.92 Å². The van der Waals surface area contributed by atoms with Gasteiger partial charge >= 0.3 is 0 Å². The number of halogens is 2. The van der Waals surface area contributed by atoms with Crippen molar-refractivity contribution in [2.75, 3.05) is 5.32 Å². The first kappa shape index (κ1) is 12.8. The minimum Gasteiger partial charge on any atom is -0.365 e. The molecule has 0 aliphatic heterocycles. The molecule has 0 spiro atoms. The second-order valence-corrected chi connectivity index (χ2v) is 5.68. The molecule has 1 aromatic rings. The monoisotopic (exact) mass is 300 g/mol. The van der Waals surface area contributed by atoms with E-state index in [4.69, 9.17) is 0 Å². The fourth-order valence-electron chi connectivity index (χ4n) is 2.51. The molecule has 2 atom stereocenters. The van der Waals surface area contributed by atoms with Crippen molar-refractivity contribution in [3.8, 4) is 0 Å². The molecule has 0 bridgehead atoms. The average molecular weight is 301 g/mol. The lowest BCUT2D eigenvalue weighted by Crippen LogP contribution is -2.27. The summed E-state index contributed by atoms with van der Waals surface area (Å²) in [6, 6.07) is 1.83. The first-order valence-corrected chi connectivity index (χ1v) is 7.06. The summed E-state index contributed by atoms with van der Waals surface area (Å²) in [6.07, 6.45) is 7.64. The van der Waals surface area contributed by atoms with Crippen LogP contribution in [0.25, 0.3) is 0 Å². The van der Waals surface area contributed by atoms with Gasteiger partial charge in [-0.1, -0.05) is 26.2 Å². The number of aromatic nitrogens is 1. The van der Waals surface area contributed by atoms with E-state index < -0.39 is 0 Å². The molecular weight excluding hydrogens is 283 g/mol. The smallest absolute Gasteiger partial charge is 0.166 e. The van der Waals surface area contributed by atoms with Gasteiger partial charge in [0.1, 0.15) is 0 Å². The molecule has 1 heterocycles. The summed E-state index contributed by atoms with van der Waals surface area (Å²) in [4.78, 5) is 4.09. The van der Waals surface area contributed by atoms with E-state index in [9.17, 15) is 4.39 Å². The van der Waals surface area contributed by atoms with Gasteiger partial charge in [0.05, 0.1) is 0 Å². The molecule has 2 rings (SSSR count). The van der Waals surface area contributed by atoms with E-state index in [1.165, 1.54) is 25.3 Å². The maximum atomic E-state index is 13.6. The maximum absolute atomic E-state index is 13.6. The first-order valence-electron chi connectivity index (χ1n) is 6.26. The fraction of sp³-hybridized carbons (Fsp3) is 0.615. The molecule has 0 saturated heterocycles. The number of pyridine rings is 1. The van der Waals surface area contributed by atoms with Gasteiger partial charge in [0, 0.05) is 16.7 Å². The number of nitrogens with zero attached hydrogens (tertiary/aromatic N) is 1. The molecule has 1 aliphatic rings. The van der Waals surface area contributed by atoms with Crippen LogP contribution < -0.4 is 5.32 Å². The highest BCUT2D eigenvalue weighted by molar-refractivity contribution is 9.10. The van der Waals surface area contributed by atoms with Crippen molar-refractivity contribution in [1.82, 2.24) is 4.98 Å². The minimum absolute atomic E-state index is 0.280. The summed E-state index contributed by atoms with van der Waals surface area (Å²) < 4.78 is 14.3. The molecule has 1 aromatic heterocycles. The Morgan fingerprint density at radius 3 is 3.06 bits per heavy atom. The molecule has 1 fully saturated rings. The molecular formula is C13H18BrFN2. The standard InChI is InChI=1S/C13H18BrFN2/c1-2-9-4-3-5-11(6-9)17-13-12(15)7-10(14)8-16-13/h7-9,11H,2-6H2,1H3,(H,16,17). The van der Waals surface area contributed by atoms with Gasteiger partial charge in [-0.2, -0.15) is 0 Å². The van der Waals surface area contributed by atoms with E-state index in [2.05, 4.69) is 33.2 Å². The SMILES string of the molecule is CCC1CCCC(Nc2ncc(Br)cc2F)C1. The van der Waals surface area contributed by atoms with Crippen LogP contribution in [-0.2, 0) is 0 Å². The topological polar surface area (TPSA) is 24.9 Å². The van der Waals surface area contributed by atoms with Crippen LogP contribution in [0.5, 0.6) is 0 Å². The summed E-state index contributed by atoms with van der Waals surface area (Å²) in [7, 11) is 0. The van der Waals surface area contributed by atoms with E-state index in [0.29, 0.717) is 16.3 Å². The van der Waals surface area contributed by atoms with Crippen LogP contribution in [-0.4, -0.2) is 11.0 Å². The highest BCUT2D eigenvalue weighted by Crippen LogP contribution is 2.29. The summed E-state index contributed by atoms with van der Waals surface area (Å²) in [5.41, 5.74) is 0. The van der Waals surface area contributed by atoms with E-state index in [1.807, 2.05) is 0 Å². The Hall–Kier alpha value is -0.640. The zero-order valence-electron chi connectivity index (χ0n) is 10.0. The minimum atomic E-state index is -0.280. The van der Waals surface area contributed by atoms with Crippen LogP contribution in [0.15, 0.2) is 16.7 Å². The van der Waals surface area contributed by atoms with Gasteiger partial charge in [-0.05, 0) is 40.8 Å². The van der Waals surface area contributed by atoms with Crippen LogP contribution in [0.2, 0.25) is 0 Å². The van der Waals surface area contributed by atoms with Crippen molar-refractivity contribution in [3.63, 3.8) is 0 Å². The Labute approximate surface area is 110 Å². The van der Waals surface area contributed by atoms with E-state index in [1.54, 1.807) is 6.20 Å². The first-order chi connectivity index (χ1) is 8.19. The van der Waals surface area contributed by atoms with Gasteiger partial charge in [0.25, 0.3) is 0 Å². The third kappa shape index (κ3) is 3.41. The molecule has 17 heavy (non-hydrogen) atoms. The predicted molar refractivity (Wildman–Crippen MR) is 71.6 cm³/mol. The summed E-state index contributed by atoms with van der Waals surface area (Å²) in [5.74, 6) is 0.882. The van der Waals surface area contributed by atoms with Gasteiger partial charge in [-0.3, -0.25) is 0 Å². The van der Waals surface area contributed by atoms with Gasteiger partial charge in [-0.15, -0.1) is 0 Å². The molecule has 94 valence electrons.